The summed E-state index contributed by atoms with van der Waals surface area (Å²) in [6.07, 6.45) is 4.94. The Morgan fingerprint density at radius 3 is 2.96 bits per heavy atom. The van der Waals surface area contributed by atoms with Crippen LogP contribution in [0.1, 0.15) is 28.8 Å². The molecule has 1 aliphatic rings. The second-order valence-corrected chi connectivity index (χ2v) is 7.33. The molecule has 2 N–H and O–H groups in total. The van der Waals surface area contributed by atoms with Gasteiger partial charge in [-0.25, -0.2) is 4.98 Å². The van der Waals surface area contributed by atoms with Gasteiger partial charge in [-0.05, 0) is 30.9 Å². The molecule has 0 bridgehead atoms. The number of nitrogens with one attached hydrogen (secondary N) is 2. The summed E-state index contributed by atoms with van der Waals surface area (Å²) in [6, 6.07) is 8.13. The average molecular weight is 372 g/mol. The van der Waals surface area contributed by atoms with E-state index in [9.17, 15) is 4.79 Å². The SMILES string of the molecule is CCc1cnc(CNC(=NC)NCC(=O)N2CCCc3ccccc32)s1. The predicted octanol–water partition coefficient (Wildman–Crippen LogP) is 2.35. The van der Waals surface area contributed by atoms with Gasteiger partial charge >= 0.3 is 0 Å². The lowest BCUT2D eigenvalue weighted by Gasteiger charge is -2.29. The summed E-state index contributed by atoms with van der Waals surface area (Å²) in [7, 11) is 1.70. The van der Waals surface area contributed by atoms with Crippen molar-refractivity contribution >= 4 is 28.9 Å². The molecule has 0 aliphatic carbocycles. The van der Waals surface area contributed by atoms with E-state index in [1.165, 1.54) is 10.4 Å². The zero-order valence-corrected chi connectivity index (χ0v) is 16.1. The van der Waals surface area contributed by atoms with Crippen LogP contribution < -0.4 is 15.5 Å². The number of hydrogen-bond donors (Lipinski definition) is 2. The van der Waals surface area contributed by atoms with Crippen molar-refractivity contribution in [2.45, 2.75) is 32.7 Å². The molecule has 0 spiro atoms. The van der Waals surface area contributed by atoms with Crippen molar-refractivity contribution in [3.05, 3.63) is 45.9 Å². The maximum atomic E-state index is 12.7. The van der Waals surface area contributed by atoms with E-state index < -0.39 is 0 Å². The van der Waals surface area contributed by atoms with Crippen LogP contribution in [0.2, 0.25) is 0 Å². The lowest BCUT2D eigenvalue weighted by Crippen LogP contribution is -2.45. The number of anilines is 1. The average Bonchev–Trinajstić information content (AvgIpc) is 3.15. The van der Waals surface area contributed by atoms with Crippen molar-refractivity contribution in [3.8, 4) is 0 Å². The van der Waals surface area contributed by atoms with E-state index in [4.69, 9.17) is 0 Å². The third-order valence-electron chi connectivity index (χ3n) is 4.40. The maximum Gasteiger partial charge on any atom is 0.246 e. The number of nitrogens with zero attached hydrogens (tertiary/aromatic N) is 3. The Morgan fingerprint density at radius 2 is 2.19 bits per heavy atom. The van der Waals surface area contributed by atoms with E-state index >= 15 is 0 Å². The van der Waals surface area contributed by atoms with E-state index in [-0.39, 0.29) is 12.5 Å². The van der Waals surface area contributed by atoms with Gasteiger partial charge in [0.05, 0.1) is 13.1 Å². The topological polar surface area (TPSA) is 69.6 Å². The first kappa shape index (κ1) is 18.4. The van der Waals surface area contributed by atoms with Crippen LogP contribution in [-0.4, -0.2) is 37.0 Å². The van der Waals surface area contributed by atoms with Crippen molar-refractivity contribution < 1.29 is 4.79 Å². The van der Waals surface area contributed by atoms with Crippen molar-refractivity contribution in [1.29, 1.82) is 0 Å². The zero-order chi connectivity index (χ0) is 18.4. The molecule has 1 aromatic heterocycles. The molecule has 0 fully saturated rings. The van der Waals surface area contributed by atoms with Gasteiger partial charge in [-0.3, -0.25) is 9.79 Å². The minimum Gasteiger partial charge on any atom is -0.350 e. The number of aryl methyl sites for hydroxylation is 2. The van der Waals surface area contributed by atoms with Crippen LogP contribution in [0.5, 0.6) is 0 Å². The number of hydrogen-bond acceptors (Lipinski definition) is 4. The molecule has 2 heterocycles. The van der Waals surface area contributed by atoms with Crippen LogP contribution in [0.25, 0.3) is 0 Å². The Kier molecular flexibility index (Phi) is 6.22. The standard InChI is InChI=1S/C19H25N5OS/c1-3-15-11-21-17(26-15)12-22-19(20-2)23-13-18(25)24-10-6-8-14-7-4-5-9-16(14)24/h4-5,7,9,11H,3,6,8,10,12-13H2,1-2H3,(H2,20,22,23). The molecule has 0 saturated carbocycles. The van der Waals surface area contributed by atoms with Gasteiger partial charge in [-0.1, -0.05) is 25.1 Å². The number of aromatic nitrogens is 1. The molecule has 2 aromatic rings. The molecule has 0 atom stereocenters. The summed E-state index contributed by atoms with van der Waals surface area (Å²) in [5.41, 5.74) is 2.27. The number of fused-ring (bicyclic) bond motifs is 1. The van der Waals surface area contributed by atoms with Gasteiger partial charge < -0.3 is 15.5 Å². The summed E-state index contributed by atoms with van der Waals surface area (Å²) in [5.74, 6) is 0.666. The Morgan fingerprint density at radius 1 is 1.35 bits per heavy atom. The molecular weight excluding hydrogens is 346 g/mol. The number of aliphatic imine (C=N–C) groups is 1. The van der Waals surface area contributed by atoms with Gasteiger partial charge in [-0.2, -0.15) is 0 Å². The van der Waals surface area contributed by atoms with Crippen LogP contribution in [-0.2, 0) is 24.2 Å². The second-order valence-electron chi connectivity index (χ2n) is 6.13. The highest BCUT2D eigenvalue weighted by molar-refractivity contribution is 7.11. The van der Waals surface area contributed by atoms with Gasteiger partial charge in [0.25, 0.3) is 0 Å². The van der Waals surface area contributed by atoms with Crippen molar-refractivity contribution in [2.75, 3.05) is 25.0 Å². The second kappa shape index (κ2) is 8.80. The fraction of sp³-hybridized carbons (Fsp3) is 0.421. The fourth-order valence-corrected chi connectivity index (χ4v) is 3.82. The Labute approximate surface area is 158 Å². The van der Waals surface area contributed by atoms with Gasteiger partial charge in [0.2, 0.25) is 5.91 Å². The minimum atomic E-state index is 0.0580. The van der Waals surface area contributed by atoms with Gasteiger partial charge in [0.1, 0.15) is 5.01 Å². The maximum absolute atomic E-state index is 12.7. The van der Waals surface area contributed by atoms with Crippen LogP contribution in [0.15, 0.2) is 35.5 Å². The zero-order valence-electron chi connectivity index (χ0n) is 15.3. The molecule has 0 unspecified atom stereocenters. The highest BCUT2D eigenvalue weighted by atomic mass is 32.1. The third-order valence-corrected chi connectivity index (χ3v) is 5.54. The lowest BCUT2D eigenvalue weighted by atomic mass is 10.0. The molecular formula is C19H25N5OS. The number of benzene rings is 1. The van der Waals surface area contributed by atoms with Gasteiger partial charge in [0, 0.05) is 30.4 Å². The van der Waals surface area contributed by atoms with Crippen molar-refractivity contribution in [3.63, 3.8) is 0 Å². The van der Waals surface area contributed by atoms with Crippen molar-refractivity contribution in [2.24, 2.45) is 4.99 Å². The number of guanidine groups is 1. The lowest BCUT2D eigenvalue weighted by molar-refractivity contribution is -0.117. The summed E-state index contributed by atoms with van der Waals surface area (Å²) >= 11 is 1.69. The number of amides is 1. The molecule has 1 aromatic carbocycles. The van der Waals surface area contributed by atoms with Crippen LogP contribution >= 0.6 is 11.3 Å². The summed E-state index contributed by atoms with van der Waals surface area (Å²) in [4.78, 5) is 24.4. The number of rotatable bonds is 5. The highest BCUT2D eigenvalue weighted by Gasteiger charge is 2.21. The van der Waals surface area contributed by atoms with E-state index in [1.54, 1.807) is 18.4 Å². The fourth-order valence-electron chi connectivity index (χ4n) is 3.02. The third kappa shape index (κ3) is 4.40. The normalized spacial score (nSPS) is 14.1. The summed E-state index contributed by atoms with van der Waals surface area (Å²) < 4.78 is 0. The molecule has 1 amide bonds. The molecule has 7 heteroatoms. The van der Waals surface area contributed by atoms with E-state index in [0.29, 0.717) is 12.5 Å². The molecule has 0 radical (unpaired) electrons. The van der Waals surface area contributed by atoms with Gasteiger partial charge in [-0.15, -0.1) is 11.3 Å². The minimum absolute atomic E-state index is 0.0580. The first-order valence-corrected chi connectivity index (χ1v) is 9.79. The molecule has 138 valence electrons. The predicted molar refractivity (Wildman–Crippen MR) is 107 cm³/mol. The smallest absolute Gasteiger partial charge is 0.246 e. The molecule has 1 aliphatic heterocycles. The van der Waals surface area contributed by atoms with E-state index in [1.807, 2.05) is 29.3 Å². The molecule has 6 nitrogen and oxygen atoms in total. The monoisotopic (exact) mass is 371 g/mol. The summed E-state index contributed by atoms with van der Waals surface area (Å²) in [6.45, 7) is 3.70. The molecule has 3 rings (SSSR count). The van der Waals surface area contributed by atoms with Crippen LogP contribution in [0.4, 0.5) is 5.69 Å². The number of thiazole rings is 1. The largest absolute Gasteiger partial charge is 0.350 e. The van der Waals surface area contributed by atoms with Crippen LogP contribution in [0.3, 0.4) is 0 Å². The first-order valence-electron chi connectivity index (χ1n) is 8.97. The van der Waals surface area contributed by atoms with E-state index in [0.717, 1.165) is 36.5 Å². The molecule has 26 heavy (non-hydrogen) atoms. The number of carbonyl (C=O) groups excluding carboxylic acids is 1. The highest BCUT2D eigenvalue weighted by Crippen LogP contribution is 2.26. The quantitative estimate of drug-likeness (QED) is 0.625. The van der Waals surface area contributed by atoms with Crippen LogP contribution in [0, 0.1) is 0 Å². The van der Waals surface area contributed by atoms with E-state index in [2.05, 4.69) is 33.6 Å². The first-order chi connectivity index (χ1) is 12.7. The number of para-hydroxylation sites is 1. The van der Waals surface area contributed by atoms with Crippen molar-refractivity contribution in [1.82, 2.24) is 15.6 Å². The molecule has 0 saturated heterocycles. The number of carbonyl (C=O) groups is 1. The Bertz CT molecular complexity index is 786. The Hall–Kier alpha value is -2.41. The Balaban J connectivity index is 1.53. The summed E-state index contributed by atoms with van der Waals surface area (Å²) in [5, 5.41) is 7.34. The van der Waals surface area contributed by atoms with Gasteiger partial charge in [0.15, 0.2) is 5.96 Å².